The van der Waals surface area contributed by atoms with E-state index >= 15 is 0 Å². The Balaban J connectivity index is 1.62. The molecule has 4 aromatic rings. The van der Waals surface area contributed by atoms with E-state index in [4.69, 9.17) is 9.47 Å². The Bertz CT molecular complexity index is 1680. The molecule has 8 nitrogen and oxygen atoms in total. The van der Waals surface area contributed by atoms with Gasteiger partial charge in [0.25, 0.3) is 11.8 Å². The van der Waals surface area contributed by atoms with Gasteiger partial charge in [0, 0.05) is 43.4 Å². The lowest BCUT2D eigenvalue weighted by Crippen LogP contribution is -2.48. The summed E-state index contributed by atoms with van der Waals surface area (Å²) in [6.07, 6.45) is 0.180. The number of hydrogen-bond acceptors (Lipinski definition) is 6. The summed E-state index contributed by atoms with van der Waals surface area (Å²) in [5, 5.41) is 17.2. The van der Waals surface area contributed by atoms with E-state index in [9.17, 15) is 27.9 Å². The fourth-order valence-corrected chi connectivity index (χ4v) is 5.40. The molecule has 0 saturated carbocycles. The maximum Gasteiger partial charge on any atom is 0.254 e. The molecule has 0 aliphatic carbocycles. The number of aliphatic hydroxyl groups excluding tert-OH is 1. The fraction of sp³-hybridized carbons (Fsp3) is 0.316. The Labute approximate surface area is 284 Å². The molecule has 49 heavy (non-hydrogen) atoms. The highest BCUT2D eigenvalue weighted by atomic mass is 19.1. The molecule has 4 rings (SSSR count). The first-order valence-corrected chi connectivity index (χ1v) is 16.2. The van der Waals surface area contributed by atoms with Gasteiger partial charge in [0.15, 0.2) is 0 Å². The molecule has 3 N–H and O–H groups in total. The highest BCUT2D eigenvalue weighted by molar-refractivity contribution is 6.00. The van der Waals surface area contributed by atoms with Crippen molar-refractivity contribution in [1.82, 2.24) is 15.5 Å². The van der Waals surface area contributed by atoms with Crippen molar-refractivity contribution >= 4 is 11.8 Å². The van der Waals surface area contributed by atoms with Crippen LogP contribution in [0, 0.1) is 17.5 Å². The van der Waals surface area contributed by atoms with Crippen LogP contribution in [0.3, 0.4) is 0 Å². The normalized spacial score (nSPS) is 12.2. The van der Waals surface area contributed by atoms with Crippen molar-refractivity contribution in [3.05, 3.63) is 125 Å². The number of ether oxygens (including phenoxy) is 2. The van der Waals surface area contributed by atoms with Gasteiger partial charge in [0.1, 0.15) is 34.7 Å². The van der Waals surface area contributed by atoms with Crippen molar-refractivity contribution in [3.8, 4) is 17.2 Å². The smallest absolute Gasteiger partial charge is 0.254 e. The van der Waals surface area contributed by atoms with E-state index in [1.165, 1.54) is 42.5 Å². The highest BCUT2D eigenvalue weighted by Crippen LogP contribution is 2.26. The molecule has 0 saturated heterocycles. The number of amides is 2. The molecule has 4 aromatic carbocycles. The van der Waals surface area contributed by atoms with Crippen LogP contribution < -0.4 is 20.1 Å². The van der Waals surface area contributed by atoms with Gasteiger partial charge >= 0.3 is 0 Å². The molecule has 0 aliphatic heterocycles. The number of aliphatic hydroxyl groups is 1. The Kier molecular flexibility index (Phi) is 13.6. The van der Waals surface area contributed by atoms with Gasteiger partial charge in [-0.05, 0) is 97.1 Å². The molecule has 2 atom stereocenters. The van der Waals surface area contributed by atoms with E-state index in [2.05, 4.69) is 10.6 Å². The first-order chi connectivity index (χ1) is 23.6. The molecule has 0 aliphatic rings. The minimum atomic E-state index is -1.19. The maximum atomic E-state index is 14.1. The SMILES string of the molecule is CCCN(CCC)C(=O)c1cc(Oc2ccc(F)cc2)cc(C(=O)N[C@@H](Cc2cc(F)cc(F)c2)[C@H](O)CNCc2cccc(OC)c2)c1. The predicted octanol–water partition coefficient (Wildman–Crippen LogP) is 6.66. The van der Waals surface area contributed by atoms with Crippen LogP contribution in [-0.4, -0.2) is 60.7 Å². The molecule has 0 heterocycles. The molecule has 0 fully saturated rings. The molecule has 260 valence electrons. The van der Waals surface area contributed by atoms with Crippen LogP contribution in [0.25, 0.3) is 0 Å². The summed E-state index contributed by atoms with van der Waals surface area (Å²) in [7, 11) is 1.56. The Hall–Kier alpha value is -4.87. The van der Waals surface area contributed by atoms with Crippen LogP contribution in [0.5, 0.6) is 17.2 Å². The third-order valence-corrected chi connectivity index (χ3v) is 7.71. The van der Waals surface area contributed by atoms with Gasteiger partial charge in [-0.1, -0.05) is 26.0 Å². The first-order valence-electron chi connectivity index (χ1n) is 16.2. The van der Waals surface area contributed by atoms with Crippen molar-refractivity contribution in [2.75, 3.05) is 26.7 Å². The van der Waals surface area contributed by atoms with Crippen LogP contribution >= 0.6 is 0 Å². The number of carbonyl (C=O) groups excluding carboxylic acids is 2. The molecule has 0 aromatic heterocycles. The van der Waals surface area contributed by atoms with E-state index in [0.717, 1.165) is 36.6 Å². The molecule has 0 unspecified atom stereocenters. The summed E-state index contributed by atoms with van der Waals surface area (Å²) in [4.78, 5) is 29.2. The van der Waals surface area contributed by atoms with Crippen molar-refractivity contribution in [2.24, 2.45) is 0 Å². The lowest BCUT2D eigenvalue weighted by molar-refractivity contribution is 0.0755. The number of carbonyl (C=O) groups is 2. The van der Waals surface area contributed by atoms with Crippen LogP contribution in [0.4, 0.5) is 13.2 Å². The van der Waals surface area contributed by atoms with E-state index in [-0.39, 0.29) is 41.3 Å². The zero-order valence-electron chi connectivity index (χ0n) is 27.8. The molecule has 11 heteroatoms. The van der Waals surface area contributed by atoms with Gasteiger partial charge in [-0.2, -0.15) is 0 Å². The Morgan fingerprint density at radius 1 is 0.776 bits per heavy atom. The number of rotatable bonds is 17. The van der Waals surface area contributed by atoms with Crippen LogP contribution in [0.2, 0.25) is 0 Å². The molecule has 0 radical (unpaired) electrons. The zero-order chi connectivity index (χ0) is 35.3. The number of nitrogens with zero attached hydrogens (tertiary/aromatic N) is 1. The average Bonchev–Trinajstić information content (AvgIpc) is 3.08. The predicted molar refractivity (Wildman–Crippen MR) is 181 cm³/mol. The van der Waals surface area contributed by atoms with Crippen LogP contribution in [0.1, 0.15) is 58.5 Å². The summed E-state index contributed by atoms with van der Waals surface area (Å²) in [5.74, 6) is -1.84. The Morgan fingerprint density at radius 3 is 2.10 bits per heavy atom. The number of methoxy groups -OCH3 is 1. The highest BCUT2D eigenvalue weighted by Gasteiger charge is 2.25. The molecular weight excluding hydrogens is 635 g/mol. The Morgan fingerprint density at radius 2 is 1.45 bits per heavy atom. The van der Waals surface area contributed by atoms with Gasteiger partial charge in [0.05, 0.1) is 19.3 Å². The zero-order valence-corrected chi connectivity index (χ0v) is 27.8. The third-order valence-electron chi connectivity index (χ3n) is 7.71. The van der Waals surface area contributed by atoms with E-state index in [1.807, 2.05) is 38.1 Å². The van der Waals surface area contributed by atoms with E-state index < -0.39 is 35.5 Å². The number of nitrogens with one attached hydrogen (secondary N) is 2. The largest absolute Gasteiger partial charge is 0.497 e. The van der Waals surface area contributed by atoms with Crippen molar-refractivity contribution in [2.45, 2.75) is 51.8 Å². The van der Waals surface area contributed by atoms with Crippen LogP contribution in [0.15, 0.2) is 84.9 Å². The number of halogens is 3. The third kappa shape index (κ3) is 11.1. The summed E-state index contributed by atoms with van der Waals surface area (Å²) >= 11 is 0. The van der Waals surface area contributed by atoms with E-state index in [0.29, 0.717) is 31.1 Å². The molecule has 0 bridgehead atoms. The summed E-state index contributed by atoms with van der Waals surface area (Å²) in [6.45, 7) is 5.36. The van der Waals surface area contributed by atoms with Crippen molar-refractivity contribution in [1.29, 1.82) is 0 Å². The minimum Gasteiger partial charge on any atom is -0.497 e. The first kappa shape index (κ1) is 37.0. The molecule has 0 spiro atoms. The quantitative estimate of drug-likeness (QED) is 0.116. The van der Waals surface area contributed by atoms with E-state index in [1.54, 1.807) is 12.0 Å². The fourth-order valence-electron chi connectivity index (χ4n) is 5.40. The second kappa shape index (κ2) is 18.0. The average molecular weight is 678 g/mol. The minimum absolute atomic E-state index is 0.0282. The van der Waals surface area contributed by atoms with Crippen molar-refractivity contribution < 1.29 is 37.3 Å². The maximum absolute atomic E-state index is 14.1. The monoisotopic (exact) mass is 677 g/mol. The standard InChI is InChI=1S/C38H42F3N3O5/c1-4-13-44(14-5-2)38(47)28-19-27(20-34(21-28)49-32-11-9-29(39)10-12-32)37(46)43-35(18-26-15-30(40)22-31(41)16-26)36(45)24-42-23-25-7-6-8-33(17-25)48-3/h6-12,15-17,19-22,35-36,42,45H,4-5,13-14,18,23-24H2,1-3H3,(H,43,46)/t35-,36+/m0/s1. The number of benzene rings is 4. The van der Waals surface area contributed by atoms with Crippen LogP contribution in [-0.2, 0) is 13.0 Å². The molecular formula is C38H42F3N3O5. The molecule has 2 amide bonds. The summed E-state index contributed by atoms with van der Waals surface area (Å²) in [5.41, 5.74) is 1.39. The van der Waals surface area contributed by atoms with Gasteiger partial charge in [0.2, 0.25) is 0 Å². The van der Waals surface area contributed by atoms with Crippen molar-refractivity contribution in [3.63, 3.8) is 0 Å². The van der Waals surface area contributed by atoms with Gasteiger partial charge in [-0.25, -0.2) is 13.2 Å². The lowest BCUT2D eigenvalue weighted by atomic mass is 9.99. The summed E-state index contributed by atoms with van der Waals surface area (Å²) in [6, 6.07) is 19.1. The topological polar surface area (TPSA) is 100 Å². The lowest BCUT2D eigenvalue weighted by Gasteiger charge is -2.26. The summed E-state index contributed by atoms with van der Waals surface area (Å²) < 4.78 is 53.0. The number of hydrogen-bond donors (Lipinski definition) is 3. The van der Waals surface area contributed by atoms with Gasteiger partial charge in [-0.3, -0.25) is 9.59 Å². The second-order valence-electron chi connectivity index (χ2n) is 11.7. The van der Waals surface area contributed by atoms with Gasteiger partial charge in [-0.15, -0.1) is 0 Å². The van der Waals surface area contributed by atoms with Gasteiger partial charge < -0.3 is 30.1 Å². The second-order valence-corrected chi connectivity index (χ2v) is 11.7.